The Morgan fingerprint density at radius 1 is 1.71 bits per heavy atom. The summed E-state index contributed by atoms with van der Waals surface area (Å²) in [6, 6.07) is -0.0880. The first-order valence-corrected chi connectivity index (χ1v) is 5.42. The van der Waals surface area contributed by atoms with E-state index < -0.39 is 0 Å². The number of hydrogen-bond acceptors (Lipinski definition) is 4. The SMILES string of the molecule is CC(C)C(N)CC(=O)Nc1nccs1. The molecule has 1 aromatic rings. The molecule has 0 aliphatic heterocycles. The van der Waals surface area contributed by atoms with Crippen molar-refractivity contribution in [2.24, 2.45) is 11.7 Å². The number of nitrogens with zero attached hydrogens (tertiary/aromatic N) is 1. The van der Waals surface area contributed by atoms with Crippen LogP contribution in [0.15, 0.2) is 11.6 Å². The second-order valence-electron chi connectivity index (χ2n) is 3.50. The molecule has 0 fully saturated rings. The van der Waals surface area contributed by atoms with Crippen molar-refractivity contribution in [1.82, 2.24) is 4.98 Å². The van der Waals surface area contributed by atoms with E-state index in [0.717, 1.165) is 0 Å². The van der Waals surface area contributed by atoms with Gasteiger partial charge in [-0.25, -0.2) is 4.98 Å². The van der Waals surface area contributed by atoms with Crippen LogP contribution in [0.2, 0.25) is 0 Å². The summed E-state index contributed by atoms with van der Waals surface area (Å²) in [5, 5.41) is 5.14. The fourth-order valence-corrected chi connectivity index (χ4v) is 1.45. The first-order valence-electron chi connectivity index (χ1n) is 4.54. The molecule has 1 rings (SSSR count). The molecule has 1 amide bonds. The van der Waals surface area contributed by atoms with Crippen LogP contribution >= 0.6 is 11.3 Å². The maximum atomic E-state index is 11.4. The van der Waals surface area contributed by atoms with Gasteiger partial charge in [0.1, 0.15) is 0 Å². The third-order valence-electron chi connectivity index (χ3n) is 1.96. The summed E-state index contributed by atoms with van der Waals surface area (Å²) in [6.07, 6.45) is 2.00. The minimum absolute atomic E-state index is 0.0684. The van der Waals surface area contributed by atoms with Crippen molar-refractivity contribution in [2.75, 3.05) is 5.32 Å². The van der Waals surface area contributed by atoms with Crippen molar-refractivity contribution in [3.8, 4) is 0 Å². The monoisotopic (exact) mass is 213 g/mol. The van der Waals surface area contributed by atoms with Gasteiger partial charge >= 0.3 is 0 Å². The molecule has 0 aromatic carbocycles. The van der Waals surface area contributed by atoms with Gasteiger partial charge in [0.15, 0.2) is 5.13 Å². The summed E-state index contributed by atoms with van der Waals surface area (Å²) in [7, 11) is 0. The Morgan fingerprint density at radius 2 is 2.43 bits per heavy atom. The van der Waals surface area contributed by atoms with Crippen LogP contribution in [0.1, 0.15) is 20.3 Å². The molecule has 78 valence electrons. The average molecular weight is 213 g/mol. The van der Waals surface area contributed by atoms with Crippen molar-refractivity contribution in [3.05, 3.63) is 11.6 Å². The summed E-state index contributed by atoms with van der Waals surface area (Å²) in [4.78, 5) is 15.4. The van der Waals surface area contributed by atoms with Gasteiger partial charge in [0.05, 0.1) is 0 Å². The van der Waals surface area contributed by atoms with Gasteiger partial charge in [0.25, 0.3) is 0 Å². The van der Waals surface area contributed by atoms with Gasteiger partial charge in [-0.1, -0.05) is 13.8 Å². The van der Waals surface area contributed by atoms with Gasteiger partial charge in [0.2, 0.25) is 5.91 Å². The third kappa shape index (κ3) is 3.43. The quantitative estimate of drug-likeness (QED) is 0.795. The summed E-state index contributed by atoms with van der Waals surface area (Å²) >= 11 is 1.40. The fraction of sp³-hybridized carbons (Fsp3) is 0.556. The van der Waals surface area contributed by atoms with Crippen LogP contribution in [-0.2, 0) is 4.79 Å². The molecule has 1 unspecified atom stereocenters. The van der Waals surface area contributed by atoms with Gasteiger partial charge in [0, 0.05) is 24.0 Å². The van der Waals surface area contributed by atoms with E-state index in [-0.39, 0.29) is 11.9 Å². The summed E-state index contributed by atoms with van der Waals surface area (Å²) < 4.78 is 0. The highest BCUT2D eigenvalue weighted by Gasteiger charge is 2.13. The van der Waals surface area contributed by atoms with Crippen molar-refractivity contribution in [1.29, 1.82) is 0 Å². The van der Waals surface area contributed by atoms with E-state index in [0.29, 0.717) is 17.5 Å². The van der Waals surface area contributed by atoms with Gasteiger partial charge in [-0.15, -0.1) is 11.3 Å². The first kappa shape index (κ1) is 11.1. The van der Waals surface area contributed by atoms with E-state index in [1.54, 1.807) is 6.20 Å². The van der Waals surface area contributed by atoms with Crippen LogP contribution in [0, 0.1) is 5.92 Å². The zero-order valence-corrected chi connectivity index (χ0v) is 9.17. The molecule has 0 aliphatic carbocycles. The molecule has 1 atom stereocenters. The zero-order valence-electron chi connectivity index (χ0n) is 8.36. The largest absolute Gasteiger partial charge is 0.327 e. The predicted octanol–water partition coefficient (Wildman–Crippen LogP) is 1.45. The predicted molar refractivity (Wildman–Crippen MR) is 58.2 cm³/mol. The lowest BCUT2D eigenvalue weighted by Crippen LogP contribution is -2.31. The van der Waals surface area contributed by atoms with Gasteiger partial charge < -0.3 is 11.1 Å². The maximum Gasteiger partial charge on any atom is 0.227 e. The van der Waals surface area contributed by atoms with E-state index in [9.17, 15) is 4.79 Å². The molecule has 5 heteroatoms. The van der Waals surface area contributed by atoms with Crippen LogP contribution in [0.3, 0.4) is 0 Å². The molecular weight excluding hydrogens is 198 g/mol. The van der Waals surface area contributed by atoms with E-state index in [1.165, 1.54) is 11.3 Å². The lowest BCUT2D eigenvalue weighted by molar-refractivity contribution is -0.116. The maximum absolute atomic E-state index is 11.4. The van der Waals surface area contributed by atoms with E-state index >= 15 is 0 Å². The highest BCUT2D eigenvalue weighted by atomic mass is 32.1. The number of carbonyl (C=O) groups is 1. The highest BCUT2D eigenvalue weighted by molar-refractivity contribution is 7.13. The zero-order chi connectivity index (χ0) is 10.6. The number of nitrogens with one attached hydrogen (secondary N) is 1. The second kappa shape index (κ2) is 5.07. The number of thiazole rings is 1. The Morgan fingerprint density at radius 3 is 2.93 bits per heavy atom. The molecule has 4 nitrogen and oxygen atoms in total. The number of hydrogen-bond donors (Lipinski definition) is 2. The molecule has 0 radical (unpaired) electrons. The smallest absolute Gasteiger partial charge is 0.227 e. The molecule has 3 N–H and O–H groups in total. The van der Waals surface area contributed by atoms with Crippen molar-refractivity contribution >= 4 is 22.4 Å². The van der Waals surface area contributed by atoms with Crippen LogP contribution in [0.25, 0.3) is 0 Å². The molecule has 1 aromatic heterocycles. The van der Waals surface area contributed by atoms with E-state index in [2.05, 4.69) is 10.3 Å². The lowest BCUT2D eigenvalue weighted by Gasteiger charge is -2.14. The standard InChI is InChI=1S/C9H15N3OS/c1-6(2)7(10)5-8(13)12-9-11-3-4-14-9/h3-4,6-7H,5,10H2,1-2H3,(H,11,12,13). The Balaban J connectivity index is 2.36. The van der Waals surface area contributed by atoms with Crippen LogP contribution < -0.4 is 11.1 Å². The Hall–Kier alpha value is -0.940. The molecule has 0 saturated carbocycles. The average Bonchev–Trinajstić information content (AvgIpc) is 2.56. The third-order valence-corrected chi connectivity index (χ3v) is 2.64. The van der Waals surface area contributed by atoms with Crippen LogP contribution in [0.4, 0.5) is 5.13 Å². The van der Waals surface area contributed by atoms with Gasteiger partial charge in [-0.05, 0) is 5.92 Å². The van der Waals surface area contributed by atoms with Crippen LogP contribution in [0.5, 0.6) is 0 Å². The number of nitrogens with two attached hydrogens (primary N) is 1. The topological polar surface area (TPSA) is 68.0 Å². The molecule has 14 heavy (non-hydrogen) atoms. The molecule has 0 saturated heterocycles. The molecule has 0 bridgehead atoms. The summed E-state index contributed by atoms with van der Waals surface area (Å²) in [6.45, 7) is 4.00. The highest BCUT2D eigenvalue weighted by Crippen LogP contribution is 2.11. The molecule has 0 spiro atoms. The number of rotatable bonds is 4. The van der Waals surface area contributed by atoms with Crippen molar-refractivity contribution in [2.45, 2.75) is 26.3 Å². The Labute approximate surface area is 87.5 Å². The fourth-order valence-electron chi connectivity index (χ4n) is 0.905. The number of aromatic nitrogens is 1. The lowest BCUT2D eigenvalue weighted by atomic mass is 10.0. The molecule has 0 aliphatic rings. The van der Waals surface area contributed by atoms with Crippen LogP contribution in [-0.4, -0.2) is 16.9 Å². The van der Waals surface area contributed by atoms with E-state index in [4.69, 9.17) is 5.73 Å². The Bertz CT molecular complexity index is 284. The number of anilines is 1. The van der Waals surface area contributed by atoms with Gasteiger partial charge in [-0.3, -0.25) is 4.79 Å². The van der Waals surface area contributed by atoms with E-state index in [1.807, 2.05) is 19.2 Å². The number of carbonyl (C=O) groups excluding carboxylic acids is 1. The molecular formula is C9H15N3OS. The molecule has 1 heterocycles. The normalized spacial score (nSPS) is 12.9. The summed E-state index contributed by atoms with van der Waals surface area (Å²) in [5.41, 5.74) is 5.77. The number of amides is 1. The minimum atomic E-state index is -0.0880. The minimum Gasteiger partial charge on any atom is -0.327 e. The summed E-state index contributed by atoms with van der Waals surface area (Å²) in [5.74, 6) is 0.248. The Kier molecular flexibility index (Phi) is 4.03. The second-order valence-corrected chi connectivity index (χ2v) is 4.39. The van der Waals surface area contributed by atoms with Gasteiger partial charge in [-0.2, -0.15) is 0 Å². The van der Waals surface area contributed by atoms with Crippen molar-refractivity contribution < 1.29 is 4.79 Å². The first-order chi connectivity index (χ1) is 6.59. The van der Waals surface area contributed by atoms with Crippen molar-refractivity contribution in [3.63, 3.8) is 0 Å².